The number of fused-ring (bicyclic) bond motifs is 1. The van der Waals surface area contributed by atoms with E-state index in [-0.39, 0.29) is 17.6 Å². The van der Waals surface area contributed by atoms with Crippen LogP contribution in [0.25, 0.3) is 0 Å². The molecule has 0 aromatic heterocycles. The summed E-state index contributed by atoms with van der Waals surface area (Å²) in [4.78, 5) is 22.8. The topological polar surface area (TPSA) is 90.7 Å². The van der Waals surface area contributed by atoms with Crippen LogP contribution in [0.15, 0.2) is 36.4 Å². The summed E-state index contributed by atoms with van der Waals surface area (Å²) in [6, 6.07) is 9.61. The second kappa shape index (κ2) is 6.80. The Hall–Kier alpha value is -3.09. The van der Waals surface area contributed by atoms with Crippen LogP contribution < -0.4 is 14.8 Å². The summed E-state index contributed by atoms with van der Waals surface area (Å²) >= 11 is 0. The SMILES string of the molecule is Cc1cc(C(=O)N[C@@H](C)c2ccc3c(c2)OCCO3)ccc1[N+](=O)[O-]. The molecule has 0 bridgehead atoms. The number of hydrogen-bond acceptors (Lipinski definition) is 5. The predicted octanol–water partition coefficient (Wildman–Crippen LogP) is 3.17. The fourth-order valence-electron chi connectivity index (χ4n) is 2.69. The molecule has 0 spiro atoms. The number of aryl methyl sites for hydroxylation is 1. The molecule has 2 aromatic rings. The van der Waals surface area contributed by atoms with Gasteiger partial charge in [0.15, 0.2) is 11.5 Å². The number of carbonyl (C=O) groups excluding carboxylic acids is 1. The van der Waals surface area contributed by atoms with E-state index in [0.717, 1.165) is 5.56 Å². The van der Waals surface area contributed by atoms with Crippen LogP contribution in [0.5, 0.6) is 11.5 Å². The molecule has 0 aliphatic carbocycles. The van der Waals surface area contributed by atoms with E-state index in [4.69, 9.17) is 9.47 Å². The number of hydrogen-bond donors (Lipinski definition) is 1. The van der Waals surface area contributed by atoms with E-state index in [1.54, 1.807) is 6.92 Å². The van der Waals surface area contributed by atoms with Crippen LogP contribution in [0.1, 0.15) is 34.5 Å². The number of nitrogens with zero attached hydrogens (tertiary/aromatic N) is 1. The zero-order valence-electron chi connectivity index (χ0n) is 13.9. The van der Waals surface area contributed by atoms with Crippen molar-refractivity contribution in [1.82, 2.24) is 5.32 Å². The van der Waals surface area contributed by atoms with Crippen molar-refractivity contribution in [2.24, 2.45) is 0 Å². The second-order valence-corrected chi connectivity index (χ2v) is 5.86. The molecule has 7 heteroatoms. The lowest BCUT2D eigenvalue weighted by molar-refractivity contribution is -0.385. The minimum atomic E-state index is -0.463. The third-order valence-electron chi connectivity index (χ3n) is 4.07. The van der Waals surface area contributed by atoms with Crippen LogP contribution >= 0.6 is 0 Å². The van der Waals surface area contributed by atoms with Gasteiger partial charge in [-0.3, -0.25) is 14.9 Å². The number of nitrogens with one attached hydrogen (secondary N) is 1. The summed E-state index contributed by atoms with van der Waals surface area (Å²) in [5, 5.41) is 13.8. The maximum atomic E-state index is 12.4. The van der Waals surface area contributed by atoms with Gasteiger partial charge in [0.1, 0.15) is 13.2 Å². The van der Waals surface area contributed by atoms with Crippen molar-refractivity contribution in [2.45, 2.75) is 19.9 Å². The smallest absolute Gasteiger partial charge is 0.272 e. The number of nitro groups is 1. The number of ether oxygens (including phenoxy) is 2. The number of nitro benzene ring substituents is 1. The van der Waals surface area contributed by atoms with E-state index < -0.39 is 4.92 Å². The molecule has 130 valence electrons. The van der Waals surface area contributed by atoms with Crippen LogP contribution in [0, 0.1) is 17.0 Å². The van der Waals surface area contributed by atoms with E-state index in [9.17, 15) is 14.9 Å². The molecule has 1 amide bonds. The monoisotopic (exact) mass is 342 g/mol. The number of benzene rings is 2. The Labute approximate surface area is 144 Å². The average Bonchev–Trinajstić information content (AvgIpc) is 2.60. The third kappa shape index (κ3) is 3.55. The predicted molar refractivity (Wildman–Crippen MR) is 91.1 cm³/mol. The molecule has 1 N–H and O–H groups in total. The van der Waals surface area contributed by atoms with Gasteiger partial charge in [0.2, 0.25) is 0 Å². The fraction of sp³-hybridized carbons (Fsp3) is 0.278. The van der Waals surface area contributed by atoms with Crippen LogP contribution in [0.4, 0.5) is 5.69 Å². The Morgan fingerprint density at radius 2 is 1.88 bits per heavy atom. The minimum Gasteiger partial charge on any atom is -0.486 e. The van der Waals surface area contributed by atoms with Gasteiger partial charge in [-0.25, -0.2) is 0 Å². The lowest BCUT2D eigenvalue weighted by Crippen LogP contribution is -2.27. The highest BCUT2D eigenvalue weighted by Crippen LogP contribution is 2.32. The summed E-state index contributed by atoms with van der Waals surface area (Å²) < 4.78 is 11.0. The fourth-order valence-corrected chi connectivity index (χ4v) is 2.69. The van der Waals surface area contributed by atoms with Crippen molar-refractivity contribution in [2.75, 3.05) is 13.2 Å². The summed E-state index contributed by atoms with van der Waals surface area (Å²) in [6.45, 7) is 4.50. The Morgan fingerprint density at radius 3 is 2.56 bits per heavy atom. The van der Waals surface area contributed by atoms with Gasteiger partial charge in [0.05, 0.1) is 11.0 Å². The van der Waals surface area contributed by atoms with E-state index in [1.807, 2.05) is 25.1 Å². The Morgan fingerprint density at radius 1 is 1.16 bits per heavy atom. The molecular formula is C18H18N2O5. The second-order valence-electron chi connectivity index (χ2n) is 5.86. The molecule has 2 aromatic carbocycles. The largest absolute Gasteiger partial charge is 0.486 e. The van der Waals surface area contributed by atoms with Crippen molar-refractivity contribution in [1.29, 1.82) is 0 Å². The average molecular weight is 342 g/mol. The lowest BCUT2D eigenvalue weighted by atomic mass is 10.1. The van der Waals surface area contributed by atoms with E-state index >= 15 is 0 Å². The molecule has 0 fully saturated rings. The Bertz CT molecular complexity index is 834. The lowest BCUT2D eigenvalue weighted by Gasteiger charge is -2.21. The maximum Gasteiger partial charge on any atom is 0.272 e. The third-order valence-corrected chi connectivity index (χ3v) is 4.07. The van der Waals surface area contributed by atoms with Gasteiger partial charge < -0.3 is 14.8 Å². The summed E-state index contributed by atoms with van der Waals surface area (Å²) in [6.07, 6.45) is 0. The molecule has 1 atom stereocenters. The van der Waals surface area contributed by atoms with Gasteiger partial charge in [-0.2, -0.15) is 0 Å². The van der Waals surface area contributed by atoms with E-state index in [0.29, 0.717) is 35.8 Å². The van der Waals surface area contributed by atoms with E-state index in [1.165, 1.54) is 18.2 Å². The zero-order valence-corrected chi connectivity index (χ0v) is 13.9. The Kier molecular flexibility index (Phi) is 4.56. The normalized spacial score (nSPS) is 13.8. The first-order valence-corrected chi connectivity index (χ1v) is 7.91. The van der Waals surface area contributed by atoms with Crippen molar-refractivity contribution in [3.63, 3.8) is 0 Å². The maximum absolute atomic E-state index is 12.4. The molecule has 1 aliphatic rings. The van der Waals surface area contributed by atoms with Crippen molar-refractivity contribution >= 4 is 11.6 Å². The first-order valence-electron chi connectivity index (χ1n) is 7.91. The number of rotatable bonds is 4. The summed E-state index contributed by atoms with van der Waals surface area (Å²) in [7, 11) is 0. The number of carbonyl (C=O) groups is 1. The van der Waals surface area contributed by atoms with Crippen LogP contribution in [-0.2, 0) is 0 Å². The van der Waals surface area contributed by atoms with Crippen molar-refractivity contribution < 1.29 is 19.2 Å². The number of amides is 1. The summed E-state index contributed by atoms with van der Waals surface area (Å²) in [5.74, 6) is 1.07. The molecule has 3 rings (SSSR count). The van der Waals surface area contributed by atoms with Gasteiger partial charge in [-0.15, -0.1) is 0 Å². The standard InChI is InChI=1S/C18H18N2O5/c1-11-9-14(3-5-15(11)20(22)23)18(21)19-12(2)13-4-6-16-17(10-13)25-8-7-24-16/h3-6,9-10,12H,7-8H2,1-2H3,(H,19,21)/t12-/m0/s1. The molecule has 0 unspecified atom stereocenters. The van der Waals surface area contributed by atoms with Gasteiger partial charge >= 0.3 is 0 Å². The van der Waals surface area contributed by atoms with Gasteiger partial charge in [-0.1, -0.05) is 6.07 Å². The first kappa shape index (κ1) is 16.8. The highest BCUT2D eigenvalue weighted by atomic mass is 16.6. The molecule has 7 nitrogen and oxygen atoms in total. The summed E-state index contributed by atoms with van der Waals surface area (Å²) in [5.41, 5.74) is 1.71. The highest BCUT2D eigenvalue weighted by Gasteiger charge is 2.18. The molecule has 0 radical (unpaired) electrons. The zero-order chi connectivity index (χ0) is 18.0. The van der Waals surface area contributed by atoms with Crippen molar-refractivity contribution in [3.05, 3.63) is 63.2 Å². The van der Waals surface area contributed by atoms with Gasteiger partial charge in [-0.05, 0) is 43.7 Å². The first-order chi connectivity index (χ1) is 12.0. The van der Waals surface area contributed by atoms with Crippen LogP contribution in [0.2, 0.25) is 0 Å². The highest BCUT2D eigenvalue weighted by molar-refractivity contribution is 5.95. The van der Waals surface area contributed by atoms with Crippen molar-refractivity contribution in [3.8, 4) is 11.5 Å². The van der Waals surface area contributed by atoms with E-state index in [2.05, 4.69) is 5.32 Å². The quantitative estimate of drug-likeness (QED) is 0.681. The van der Waals surface area contributed by atoms with Crippen LogP contribution in [0.3, 0.4) is 0 Å². The molecule has 1 aliphatic heterocycles. The molecule has 25 heavy (non-hydrogen) atoms. The molecule has 0 saturated heterocycles. The van der Waals surface area contributed by atoms with Gasteiger partial charge in [0.25, 0.3) is 11.6 Å². The van der Waals surface area contributed by atoms with Crippen LogP contribution in [-0.4, -0.2) is 24.0 Å². The Balaban J connectivity index is 1.74. The molecule has 0 saturated carbocycles. The minimum absolute atomic E-state index is 0.00330. The molecular weight excluding hydrogens is 324 g/mol. The molecule has 1 heterocycles. The van der Waals surface area contributed by atoms with Gasteiger partial charge in [0, 0.05) is 17.2 Å².